The number of nitrogens with one attached hydrogen (secondary N) is 1. The zero-order chi connectivity index (χ0) is 13.7. The van der Waals surface area contributed by atoms with E-state index in [0.29, 0.717) is 17.6 Å². The minimum Gasteiger partial charge on any atom is -0.352 e. The molecule has 5 heteroatoms. The molecule has 0 bridgehead atoms. The van der Waals surface area contributed by atoms with Crippen molar-refractivity contribution in [3.05, 3.63) is 17.5 Å². The standard InChI is InChI=1S/C13H23N3OS/c1-9(2)12-8-11(4)15-13(16-12)14-10(3)6-7-18(5)17/h8-10H,6-7H2,1-5H3,(H,14,15,16). The van der Waals surface area contributed by atoms with Crippen molar-refractivity contribution in [1.29, 1.82) is 0 Å². The van der Waals surface area contributed by atoms with Gasteiger partial charge < -0.3 is 5.32 Å². The Kier molecular flexibility index (Phi) is 5.72. The lowest BCUT2D eigenvalue weighted by molar-refractivity contribution is 0.677. The predicted octanol–water partition coefficient (Wildman–Crippen LogP) is 2.48. The third kappa shape index (κ3) is 5.12. The molecule has 1 N–H and O–H groups in total. The van der Waals surface area contributed by atoms with Crippen LogP contribution in [-0.4, -0.2) is 32.2 Å². The van der Waals surface area contributed by atoms with Gasteiger partial charge in [0.1, 0.15) is 0 Å². The Morgan fingerprint density at radius 1 is 1.33 bits per heavy atom. The van der Waals surface area contributed by atoms with Crippen LogP contribution in [-0.2, 0) is 10.8 Å². The summed E-state index contributed by atoms with van der Waals surface area (Å²) in [4.78, 5) is 8.89. The smallest absolute Gasteiger partial charge is 0.223 e. The highest BCUT2D eigenvalue weighted by Crippen LogP contribution is 2.15. The van der Waals surface area contributed by atoms with Gasteiger partial charge in [-0.15, -0.1) is 0 Å². The van der Waals surface area contributed by atoms with E-state index in [1.807, 2.05) is 13.0 Å². The maximum Gasteiger partial charge on any atom is 0.223 e. The zero-order valence-corrected chi connectivity index (χ0v) is 12.7. The Bertz CT molecular complexity index is 421. The van der Waals surface area contributed by atoms with E-state index < -0.39 is 10.8 Å². The number of rotatable bonds is 6. The van der Waals surface area contributed by atoms with E-state index in [-0.39, 0.29) is 6.04 Å². The first kappa shape index (κ1) is 15.1. The largest absolute Gasteiger partial charge is 0.352 e. The molecule has 0 saturated heterocycles. The van der Waals surface area contributed by atoms with E-state index in [0.717, 1.165) is 17.8 Å². The van der Waals surface area contributed by atoms with E-state index in [4.69, 9.17) is 0 Å². The van der Waals surface area contributed by atoms with Gasteiger partial charge in [0.15, 0.2) is 0 Å². The van der Waals surface area contributed by atoms with Gasteiger partial charge in [0.2, 0.25) is 5.95 Å². The minimum absolute atomic E-state index is 0.232. The van der Waals surface area contributed by atoms with Crippen molar-refractivity contribution < 1.29 is 4.21 Å². The molecule has 0 aromatic carbocycles. The normalized spacial score (nSPS) is 14.6. The number of aryl methyl sites for hydroxylation is 1. The molecule has 0 aliphatic heterocycles. The molecule has 0 amide bonds. The monoisotopic (exact) mass is 269 g/mol. The maximum absolute atomic E-state index is 11.1. The van der Waals surface area contributed by atoms with Crippen molar-refractivity contribution in [1.82, 2.24) is 9.97 Å². The van der Waals surface area contributed by atoms with Gasteiger partial charge in [0.25, 0.3) is 0 Å². The minimum atomic E-state index is -0.741. The molecule has 1 aromatic rings. The van der Waals surface area contributed by atoms with Crippen LogP contribution in [0, 0.1) is 6.92 Å². The van der Waals surface area contributed by atoms with Gasteiger partial charge in [-0.1, -0.05) is 13.8 Å². The predicted molar refractivity (Wildman–Crippen MR) is 77.5 cm³/mol. The third-order valence-corrected chi connectivity index (χ3v) is 3.49. The molecule has 0 radical (unpaired) electrons. The second kappa shape index (κ2) is 6.83. The van der Waals surface area contributed by atoms with Crippen LogP contribution in [0.15, 0.2) is 6.07 Å². The molecule has 1 aromatic heterocycles. The van der Waals surface area contributed by atoms with Gasteiger partial charge in [-0.3, -0.25) is 4.21 Å². The van der Waals surface area contributed by atoms with Crippen LogP contribution in [0.5, 0.6) is 0 Å². The summed E-state index contributed by atoms with van der Waals surface area (Å²) in [6.45, 7) is 8.28. The lowest BCUT2D eigenvalue weighted by atomic mass is 10.1. The Labute approximate surface area is 112 Å². The fourth-order valence-electron chi connectivity index (χ4n) is 1.59. The Morgan fingerprint density at radius 2 is 2.00 bits per heavy atom. The third-order valence-electron chi connectivity index (χ3n) is 2.68. The highest BCUT2D eigenvalue weighted by atomic mass is 32.2. The second-order valence-corrected chi connectivity index (χ2v) is 6.58. The van der Waals surface area contributed by atoms with Crippen LogP contribution in [0.4, 0.5) is 5.95 Å². The quantitative estimate of drug-likeness (QED) is 0.862. The first-order valence-electron chi connectivity index (χ1n) is 6.30. The van der Waals surface area contributed by atoms with Crippen molar-refractivity contribution in [2.45, 2.75) is 46.1 Å². The molecule has 0 spiro atoms. The Balaban J connectivity index is 2.69. The fraction of sp³-hybridized carbons (Fsp3) is 0.692. The first-order valence-corrected chi connectivity index (χ1v) is 8.03. The number of anilines is 1. The van der Waals surface area contributed by atoms with E-state index in [9.17, 15) is 4.21 Å². The topological polar surface area (TPSA) is 54.9 Å². The van der Waals surface area contributed by atoms with Crippen molar-refractivity contribution in [2.24, 2.45) is 0 Å². The molecule has 4 nitrogen and oxygen atoms in total. The fourth-order valence-corrected chi connectivity index (χ4v) is 2.27. The molecule has 0 fully saturated rings. The van der Waals surface area contributed by atoms with Crippen LogP contribution in [0.25, 0.3) is 0 Å². The zero-order valence-electron chi connectivity index (χ0n) is 11.9. The highest BCUT2D eigenvalue weighted by Gasteiger charge is 2.09. The van der Waals surface area contributed by atoms with Crippen molar-refractivity contribution in [3.63, 3.8) is 0 Å². The van der Waals surface area contributed by atoms with E-state index >= 15 is 0 Å². The van der Waals surface area contributed by atoms with Gasteiger partial charge in [-0.25, -0.2) is 9.97 Å². The van der Waals surface area contributed by atoms with Crippen LogP contribution >= 0.6 is 0 Å². The molecule has 1 rings (SSSR count). The van der Waals surface area contributed by atoms with Crippen LogP contribution in [0.2, 0.25) is 0 Å². The number of nitrogens with zero attached hydrogens (tertiary/aromatic N) is 2. The molecular weight excluding hydrogens is 246 g/mol. The summed E-state index contributed by atoms with van der Waals surface area (Å²) in [5.74, 6) is 1.77. The average Bonchev–Trinajstić information content (AvgIpc) is 2.25. The van der Waals surface area contributed by atoms with Crippen molar-refractivity contribution in [3.8, 4) is 0 Å². The van der Waals surface area contributed by atoms with E-state index in [1.54, 1.807) is 6.26 Å². The molecule has 0 aliphatic rings. The first-order chi connectivity index (χ1) is 8.38. The molecular formula is C13H23N3OS. The number of hydrogen-bond acceptors (Lipinski definition) is 4. The summed E-state index contributed by atoms with van der Waals surface area (Å²) < 4.78 is 11.1. The summed E-state index contributed by atoms with van der Waals surface area (Å²) in [7, 11) is -0.741. The van der Waals surface area contributed by atoms with Gasteiger partial charge in [0, 0.05) is 40.2 Å². The maximum atomic E-state index is 11.1. The summed E-state index contributed by atoms with van der Waals surface area (Å²) in [6.07, 6.45) is 2.59. The van der Waals surface area contributed by atoms with Crippen LogP contribution in [0.1, 0.15) is 44.5 Å². The number of hydrogen-bond donors (Lipinski definition) is 1. The lowest BCUT2D eigenvalue weighted by Crippen LogP contribution is -2.20. The molecule has 18 heavy (non-hydrogen) atoms. The summed E-state index contributed by atoms with van der Waals surface area (Å²) >= 11 is 0. The molecule has 2 atom stereocenters. The van der Waals surface area contributed by atoms with E-state index in [2.05, 4.69) is 36.1 Å². The molecule has 102 valence electrons. The Morgan fingerprint density at radius 3 is 2.56 bits per heavy atom. The van der Waals surface area contributed by atoms with Crippen LogP contribution < -0.4 is 5.32 Å². The molecule has 2 unspecified atom stereocenters. The highest BCUT2D eigenvalue weighted by molar-refractivity contribution is 7.84. The molecule has 0 saturated carbocycles. The lowest BCUT2D eigenvalue weighted by Gasteiger charge is -2.15. The Hall–Kier alpha value is -0.970. The second-order valence-electron chi connectivity index (χ2n) is 5.02. The molecule has 0 aliphatic carbocycles. The van der Waals surface area contributed by atoms with Gasteiger partial charge in [-0.2, -0.15) is 0 Å². The van der Waals surface area contributed by atoms with Crippen LogP contribution in [0.3, 0.4) is 0 Å². The van der Waals surface area contributed by atoms with Crippen molar-refractivity contribution >= 4 is 16.7 Å². The summed E-state index contributed by atoms with van der Waals surface area (Å²) in [6, 6.07) is 2.25. The number of aromatic nitrogens is 2. The summed E-state index contributed by atoms with van der Waals surface area (Å²) in [5, 5.41) is 3.28. The van der Waals surface area contributed by atoms with Gasteiger partial charge in [0.05, 0.1) is 0 Å². The average molecular weight is 269 g/mol. The van der Waals surface area contributed by atoms with Gasteiger partial charge in [-0.05, 0) is 32.3 Å². The molecule has 1 heterocycles. The summed E-state index contributed by atoms with van der Waals surface area (Å²) in [5.41, 5.74) is 2.03. The van der Waals surface area contributed by atoms with Crippen molar-refractivity contribution in [2.75, 3.05) is 17.3 Å². The SMILES string of the molecule is Cc1cc(C(C)C)nc(NC(C)CCS(C)=O)n1. The van der Waals surface area contributed by atoms with Gasteiger partial charge >= 0.3 is 0 Å². The van der Waals surface area contributed by atoms with E-state index in [1.165, 1.54) is 0 Å².